The number of aromatic nitrogens is 2. The molecule has 0 amide bonds. The minimum Gasteiger partial charge on any atom is -0.478 e. The Balaban J connectivity index is 1.89. The van der Waals surface area contributed by atoms with E-state index in [9.17, 15) is 9.90 Å². The maximum atomic E-state index is 11.7. The molecule has 0 saturated carbocycles. The van der Waals surface area contributed by atoms with Crippen LogP contribution in [-0.4, -0.2) is 21.0 Å². The Morgan fingerprint density at radius 1 is 1.12 bits per heavy atom. The van der Waals surface area contributed by atoms with Crippen LogP contribution in [0.15, 0.2) is 66.3 Å². The molecule has 4 rings (SSSR count). The van der Waals surface area contributed by atoms with Gasteiger partial charge in [-0.3, -0.25) is 0 Å². The van der Waals surface area contributed by atoms with Gasteiger partial charge < -0.3 is 15.4 Å². The van der Waals surface area contributed by atoms with Crippen LogP contribution in [0.25, 0.3) is 10.9 Å². The van der Waals surface area contributed by atoms with E-state index in [1.807, 2.05) is 48.0 Å². The number of thiazole rings is 1. The molecule has 25 heavy (non-hydrogen) atoms. The molecule has 0 saturated heterocycles. The van der Waals surface area contributed by atoms with Gasteiger partial charge in [0.05, 0.1) is 11.6 Å². The van der Waals surface area contributed by atoms with Crippen LogP contribution in [-0.2, 0) is 0 Å². The van der Waals surface area contributed by atoms with Crippen molar-refractivity contribution in [3.8, 4) is 0 Å². The van der Waals surface area contributed by atoms with Crippen LogP contribution in [0.1, 0.15) is 27.5 Å². The molecule has 0 fully saturated rings. The van der Waals surface area contributed by atoms with Crippen LogP contribution in [0.4, 0.5) is 5.13 Å². The minimum absolute atomic E-state index is 0.279. The average molecular weight is 349 g/mol. The van der Waals surface area contributed by atoms with Crippen molar-refractivity contribution in [1.82, 2.24) is 9.97 Å². The number of nitrogens with zero attached hydrogens (tertiary/aromatic N) is 1. The zero-order valence-corrected chi connectivity index (χ0v) is 14.0. The second-order valence-electron chi connectivity index (χ2n) is 5.60. The number of para-hydroxylation sites is 1. The molecule has 0 aliphatic carbocycles. The molecule has 1 unspecified atom stereocenters. The average Bonchev–Trinajstić information content (AvgIpc) is 3.29. The molecular weight excluding hydrogens is 334 g/mol. The summed E-state index contributed by atoms with van der Waals surface area (Å²) in [5.41, 5.74) is 2.98. The maximum absolute atomic E-state index is 11.7. The predicted octanol–water partition coefficient (Wildman–Crippen LogP) is 4.52. The highest BCUT2D eigenvalue weighted by molar-refractivity contribution is 7.13. The largest absolute Gasteiger partial charge is 0.478 e. The summed E-state index contributed by atoms with van der Waals surface area (Å²) in [6.07, 6.45) is 3.65. The van der Waals surface area contributed by atoms with Gasteiger partial charge in [0, 0.05) is 34.2 Å². The van der Waals surface area contributed by atoms with Crippen molar-refractivity contribution in [2.24, 2.45) is 0 Å². The van der Waals surface area contributed by atoms with Crippen molar-refractivity contribution in [1.29, 1.82) is 0 Å². The monoisotopic (exact) mass is 349 g/mol. The molecule has 6 heteroatoms. The Hall–Kier alpha value is -3.12. The lowest BCUT2D eigenvalue weighted by atomic mass is 9.94. The summed E-state index contributed by atoms with van der Waals surface area (Å²) in [7, 11) is 0. The first-order chi connectivity index (χ1) is 12.2. The first-order valence-electron chi connectivity index (χ1n) is 7.78. The third-order valence-electron chi connectivity index (χ3n) is 4.13. The normalized spacial score (nSPS) is 12.2. The van der Waals surface area contributed by atoms with Crippen molar-refractivity contribution in [3.05, 3.63) is 83.0 Å². The Morgan fingerprint density at radius 2 is 1.92 bits per heavy atom. The van der Waals surface area contributed by atoms with E-state index in [4.69, 9.17) is 0 Å². The molecule has 2 heterocycles. The quantitative estimate of drug-likeness (QED) is 0.495. The highest BCUT2D eigenvalue weighted by Crippen LogP contribution is 2.34. The van der Waals surface area contributed by atoms with Crippen LogP contribution in [0.5, 0.6) is 0 Å². The van der Waals surface area contributed by atoms with E-state index < -0.39 is 5.97 Å². The predicted molar refractivity (Wildman–Crippen MR) is 99.3 cm³/mol. The van der Waals surface area contributed by atoms with Gasteiger partial charge in [-0.05, 0) is 17.7 Å². The summed E-state index contributed by atoms with van der Waals surface area (Å²) in [6, 6.07) is 14.7. The van der Waals surface area contributed by atoms with E-state index in [0.29, 0.717) is 5.56 Å². The number of nitrogens with one attached hydrogen (secondary N) is 2. The number of anilines is 1. The van der Waals surface area contributed by atoms with Crippen LogP contribution in [0.3, 0.4) is 0 Å². The summed E-state index contributed by atoms with van der Waals surface area (Å²) in [6.45, 7) is 0. The van der Waals surface area contributed by atoms with Crippen molar-refractivity contribution in [2.45, 2.75) is 6.04 Å². The Bertz CT molecular complexity index is 1020. The Morgan fingerprint density at radius 3 is 2.72 bits per heavy atom. The molecule has 0 spiro atoms. The molecule has 0 aliphatic heterocycles. The molecule has 0 aliphatic rings. The Labute approximate surface area is 148 Å². The van der Waals surface area contributed by atoms with E-state index in [0.717, 1.165) is 21.6 Å². The lowest BCUT2D eigenvalue weighted by molar-refractivity contribution is 0.0695. The third kappa shape index (κ3) is 2.88. The zero-order valence-electron chi connectivity index (χ0n) is 13.1. The summed E-state index contributed by atoms with van der Waals surface area (Å²) in [4.78, 5) is 19.3. The summed E-state index contributed by atoms with van der Waals surface area (Å²) < 4.78 is 0. The number of hydrogen-bond acceptors (Lipinski definition) is 4. The van der Waals surface area contributed by atoms with E-state index in [1.54, 1.807) is 18.3 Å². The topological polar surface area (TPSA) is 78.0 Å². The molecule has 2 aromatic heterocycles. The first kappa shape index (κ1) is 15.4. The highest BCUT2D eigenvalue weighted by atomic mass is 32.1. The van der Waals surface area contributed by atoms with E-state index in [-0.39, 0.29) is 11.6 Å². The molecule has 5 nitrogen and oxygen atoms in total. The van der Waals surface area contributed by atoms with E-state index in [1.165, 1.54) is 11.3 Å². The fourth-order valence-corrected chi connectivity index (χ4v) is 3.58. The van der Waals surface area contributed by atoms with Crippen LogP contribution in [0, 0.1) is 0 Å². The third-order valence-corrected chi connectivity index (χ3v) is 4.84. The number of hydrogen-bond donors (Lipinski definition) is 3. The Kier molecular flexibility index (Phi) is 3.95. The van der Waals surface area contributed by atoms with Crippen molar-refractivity contribution in [2.75, 3.05) is 5.32 Å². The zero-order chi connectivity index (χ0) is 17.2. The van der Waals surface area contributed by atoms with Gasteiger partial charge >= 0.3 is 5.97 Å². The van der Waals surface area contributed by atoms with Gasteiger partial charge in [-0.1, -0.05) is 36.4 Å². The number of carboxylic acids is 1. The van der Waals surface area contributed by atoms with Gasteiger partial charge in [-0.2, -0.15) is 0 Å². The second kappa shape index (κ2) is 6.41. The van der Waals surface area contributed by atoms with Gasteiger partial charge in [0.1, 0.15) is 0 Å². The van der Waals surface area contributed by atoms with Crippen LogP contribution < -0.4 is 5.32 Å². The van der Waals surface area contributed by atoms with E-state index in [2.05, 4.69) is 15.3 Å². The van der Waals surface area contributed by atoms with E-state index >= 15 is 0 Å². The summed E-state index contributed by atoms with van der Waals surface area (Å²) in [5.74, 6) is -0.943. The van der Waals surface area contributed by atoms with Gasteiger partial charge in [-0.15, -0.1) is 11.3 Å². The molecule has 124 valence electrons. The van der Waals surface area contributed by atoms with Crippen LogP contribution in [0.2, 0.25) is 0 Å². The van der Waals surface area contributed by atoms with Crippen molar-refractivity contribution >= 4 is 33.3 Å². The number of rotatable bonds is 5. The fourth-order valence-electron chi connectivity index (χ4n) is 3.02. The molecule has 0 bridgehead atoms. The second-order valence-corrected chi connectivity index (χ2v) is 6.49. The molecule has 2 aromatic carbocycles. The highest BCUT2D eigenvalue weighted by Gasteiger charge is 2.23. The minimum atomic E-state index is -0.943. The first-order valence-corrected chi connectivity index (χ1v) is 8.66. The van der Waals surface area contributed by atoms with Gasteiger partial charge in [-0.25, -0.2) is 9.78 Å². The number of carboxylic acid groups (broad SMARTS) is 1. The molecule has 3 N–H and O–H groups in total. The summed E-state index contributed by atoms with van der Waals surface area (Å²) in [5, 5.41) is 16.7. The number of benzene rings is 2. The number of aromatic amines is 1. The van der Waals surface area contributed by atoms with Gasteiger partial charge in [0.15, 0.2) is 5.13 Å². The number of aromatic carboxylic acids is 1. The standard InChI is InChI=1S/C19H15N3O2S/c23-18(24)14-7-2-1-6-13(14)17(22-19-20-9-10-25-19)15-11-21-16-8-4-3-5-12(15)16/h1-11,17,21H,(H,20,22)(H,23,24). The number of H-pyrrole nitrogens is 1. The smallest absolute Gasteiger partial charge is 0.336 e. The molecule has 4 aromatic rings. The maximum Gasteiger partial charge on any atom is 0.336 e. The molecule has 0 radical (unpaired) electrons. The lowest BCUT2D eigenvalue weighted by Gasteiger charge is -2.20. The summed E-state index contributed by atoms with van der Waals surface area (Å²) >= 11 is 1.48. The van der Waals surface area contributed by atoms with Crippen molar-refractivity contribution in [3.63, 3.8) is 0 Å². The fraction of sp³-hybridized carbons (Fsp3) is 0.0526. The number of fused-ring (bicyclic) bond motifs is 1. The van der Waals surface area contributed by atoms with Crippen LogP contribution >= 0.6 is 11.3 Å². The lowest BCUT2D eigenvalue weighted by Crippen LogP contribution is -2.16. The van der Waals surface area contributed by atoms with Gasteiger partial charge in [0.2, 0.25) is 0 Å². The van der Waals surface area contributed by atoms with Gasteiger partial charge in [0.25, 0.3) is 0 Å². The number of carbonyl (C=O) groups is 1. The molecule has 1 atom stereocenters. The molecular formula is C19H15N3O2S. The van der Waals surface area contributed by atoms with Crippen molar-refractivity contribution < 1.29 is 9.90 Å². The SMILES string of the molecule is O=C(O)c1ccccc1C(Nc1nccs1)c1c[nH]c2ccccc12.